The number of Topliss-reactive ketones (excluding diaryl/α,β-unsaturated/α-hetero) is 1. The Morgan fingerprint density at radius 2 is 1.94 bits per heavy atom. The molecule has 3 heterocycles. The molecule has 0 saturated carbocycles. The van der Waals surface area contributed by atoms with Crippen molar-refractivity contribution >= 4 is 23.1 Å². The highest BCUT2D eigenvalue weighted by atomic mass is 19.1. The first-order chi connectivity index (χ1) is 15.5. The Bertz CT molecular complexity index is 1270. The Labute approximate surface area is 181 Å². The summed E-state index contributed by atoms with van der Waals surface area (Å²) in [7, 11) is 1.35. The number of furan rings is 1. The molecule has 32 heavy (non-hydrogen) atoms. The molecule has 5 rings (SSSR count). The van der Waals surface area contributed by atoms with Crippen molar-refractivity contribution in [2.45, 2.75) is 6.04 Å². The molecular weight excluding hydrogens is 421 g/mol. The number of anilines is 1. The van der Waals surface area contributed by atoms with E-state index < -0.39 is 29.3 Å². The monoisotopic (exact) mass is 437 g/mol. The van der Waals surface area contributed by atoms with Gasteiger partial charge in [0.25, 0.3) is 11.7 Å². The summed E-state index contributed by atoms with van der Waals surface area (Å²) in [6.45, 7) is 0.0403. The number of aliphatic hydroxyl groups is 1. The maximum atomic E-state index is 13.9. The molecule has 2 aliphatic rings. The minimum Gasteiger partial charge on any atom is -0.507 e. The number of methoxy groups -OCH3 is 1. The lowest BCUT2D eigenvalue weighted by Gasteiger charge is -2.23. The van der Waals surface area contributed by atoms with Gasteiger partial charge in [0, 0.05) is 11.8 Å². The molecule has 0 bridgehead atoms. The zero-order valence-electron chi connectivity index (χ0n) is 16.7. The largest absolute Gasteiger partial charge is 0.507 e. The van der Waals surface area contributed by atoms with Crippen molar-refractivity contribution in [1.29, 1.82) is 0 Å². The number of ether oxygens (including phenoxy) is 3. The minimum atomic E-state index is -1.10. The normalized spacial score (nSPS) is 18.9. The summed E-state index contributed by atoms with van der Waals surface area (Å²) in [6, 6.07) is 10.4. The van der Waals surface area contributed by atoms with Gasteiger partial charge in [-0.2, -0.15) is 0 Å². The molecule has 0 aliphatic carbocycles. The molecule has 8 nitrogen and oxygen atoms in total. The van der Waals surface area contributed by atoms with Crippen LogP contribution in [0, 0.1) is 5.82 Å². The van der Waals surface area contributed by atoms with Crippen molar-refractivity contribution in [2.75, 3.05) is 18.8 Å². The van der Waals surface area contributed by atoms with Crippen LogP contribution in [0.15, 0.2) is 64.8 Å². The summed E-state index contributed by atoms with van der Waals surface area (Å²) < 4.78 is 35.3. The van der Waals surface area contributed by atoms with Crippen LogP contribution in [-0.4, -0.2) is 30.7 Å². The molecule has 1 N–H and O–H groups in total. The van der Waals surface area contributed by atoms with Gasteiger partial charge in [0.2, 0.25) is 6.79 Å². The second-order valence-corrected chi connectivity index (χ2v) is 7.07. The van der Waals surface area contributed by atoms with E-state index in [1.54, 1.807) is 30.3 Å². The molecule has 3 aromatic rings. The topological polar surface area (TPSA) is 98.4 Å². The Kier molecular flexibility index (Phi) is 4.58. The van der Waals surface area contributed by atoms with E-state index in [1.165, 1.54) is 24.3 Å². The fourth-order valence-corrected chi connectivity index (χ4v) is 3.86. The summed E-state index contributed by atoms with van der Waals surface area (Å²) in [4.78, 5) is 27.4. The lowest BCUT2D eigenvalue weighted by Crippen LogP contribution is -2.29. The third-order valence-corrected chi connectivity index (χ3v) is 5.31. The average Bonchev–Trinajstić information content (AvgIpc) is 3.53. The van der Waals surface area contributed by atoms with Crippen molar-refractivity contribution in [1.82, 2.24) is 0 Å². The molecule has 1 saturated heterocycles. The minimum absolute atomic E-state index is 0.0403. The molecule has 1 fully saturated rings. The summed E-state index contributed by atoms with van der Waals surface area (Å²) in [5.74, 6) is -1.78. The van der Waals surface area contributed by atoms with Gasteiger partial charge in [-0.15, -0.1) is 0 Å². The van der Waals surface area contributed by atoms with Gasteiger partial charge in [0.15, 0.2) is 11.5 Å². The standard InChI is InChI=1S/C23H16FNO7/c1-29-15-6-4-12(24)9-14(15)21(26)19-20(17-3-2-8-30-17)25(23(28)22(19)27)13-5-7-16-18(10-13)32-11-31-16/h2-10,20,26H,11H2,1H3/b21-19-. The third-order valence-electron chi connectivity index (χ3n) is 5.31. The number of fused-ring (bicyclic) bond motifs is 1. The van der Waals surface area contributed by atoms with Crippen molar-refractivity contribution in [3.05, 3.63) is 77.5 Å². The van der Waals surface area contributed by atoms with Crippen LogP contribution in [0.2, 0.25) is 0 Å². The van der Waals surface area contributed by atoms with Crippen LogP contribution in [0.25, 0.3) is 5.76 Å². The predicted molar refractivity (Wildman–Crippen MR) is 109 cm³/mol. The third kappa shape index (κ3) is 2.97. The van der Waals surface area contributed by atoms with Crippen LogP contribution < -0.4 is 19.1 Å². The highest BCUT2D eigenvalue weighted by Crippen LogP contribution is 2.45. The number of benzene rings is 2. The predicted octanol–water partition coefficient (Wildman–Crippen LogP) is 3.78. The first-order valence-corrected chi connectivity index (χ1v) is 9.57. The number of carbonyl (C=O) groups excluding carboxylic acids is 2. The molecule has 0 spiro atoms. The number of nitrogens with zero attached hydrogens (tertiary/aromatic N) is 1. The molecule has 1 unspecified atom stereocenters. The number of hydrogen-bond donors (Lipinski definition) is 1. The zero-order valence-corrected chi connectivity index (χ0v) is 16.7. The molecule has 9 heteroatoms. The fourth-order valence-electron chi connectivity index (χ4n) is 3.86. The molecule has 2 aliphatic heterocycles. The van der Waals surface area contributed by atoms with E-state index >= 15 is 0 Å². The smallest absolute Gasteiger partial charge is 0.300 e. The molecule has 1 amide bonds. The quantitative estimate of drug-likeness (QED) is 0.377. The zero-order chi connectivity index (χ0) is 22.4. The van der Waals surface area contributed by atoms with Gasteiger partial charge in [0.1, 0.15) is 29.1 Å². The van der Waals surface area contributed by atoms with E-state index in [0.717, 1.165) is 12.1 Å². The maximum Gasteiger partial charge on any atom is 0.300 e. The van der Waals surface area contributed by atoms with Gasteiger partial charge in [-0.05, 0) is 42.5 Å². The van der Waals surface area contributed by atoms with E-state index in [4.69, 9.17) is 18.6 Å². The lowest BCUT2D eigenvalue weighted by atomic mass is 9.98. The van der Waals surface area contributed by atoms with Crippen molar-refractivity contribution < 1.29 is 37.7 Å². The molecule has 0 radical (unpaired) electrons. The van der Waals surface area contributed by atoms with Crippen LogP contribution in [-0.2, 0) is 9.59 Å². The van der Waals surface area contributed by atoms with E-state index in [1.807, 2.05) is 0 Å². The van der Waals surface area contributed by atoms with E-state index in [0.29, 0.717) is 17.2 Å². The summed E-state index contributed by atoms with van der Waals surface area (Å²) in [6.07, 6.45) is 1.39. The Hall–Kier alpha value is -4.27. The van der Waals surface area contributed by atoms with Gasteiger partial charge in [-0.1, -0.05) is 0 Å². The summed E-state index contributed by atoms with van der Waals surface area (Å²) in [5, 5.41) is 11.1. The fraction of sp³-hybridized carbons (Fsp3) is 0.130. The second kappa shape index (κ2) is 7.45. The van der Waals surface area contributed by atoms with Crippen LogP contribution in [0.4, 0.5) is 10.1 Å². The Morgan fingerprint density at radius 3 is 2.69 bits per heavy atom. The highest BCUT2D eigenvalue weighted by Gasteiger charge is 2.48. The first kappa shape index (κ1) is 19.7. The molecular formula is C23H16FNO7. The van der Waals surface area contributed by atoms with E-state index in [9.17, 15) is 19.1 Å². The number of carbonyl (C=O) groups is 2. The molecule has 2 aromatic carbocycles. The van der Waals surface area contributed by atoms with Crippen LogP contribution in [0.5, 0.6) is 17.2 Å². The van der Waals surface area contributed by atoms with Gasteiger partial charge < -0.3 is 23.7 Å². The van der Waals surface area contributed by atoms with Gasteiger partial charge >= 0.3 is 0 Å². The number of amides is 1. The summed E-state index contributed by atoms with van der Waals surface area (Å²) >= 11 is 0. The average molecular weight is 437 g/mol. The number of halogens is 1. The SMILES string of the molecule is COc1ccc(F)cc1/C(O)=C1/C(=O)C(=O)N(c2ccc3c(c2)OCO3)C1c1ccco1. The number of rotatable bonds is 4. The number of aliphatic hydroxyl groups excluding tert-OH is 1. The van der Waals surface area contributed by atoms with Crippen LogP contribution in [0.1, 0.15) is 17.4 Å². The van der Waals surface area contributed by atoms with Gasteiger partial charge in [-0.25, -0.2) is 4.39 Å². The van der Waals surface area contributed by atoms with Crippen LogP contribution >= 0.6 is 0 Å². The summed E-state index contributed by atoms with van der Waals surface area (Å²) in [5.41, 5.74) is 0.0160. The van der Waals surface area contributed by atoms with Crippen molar-refractivity contribution in [3.8, 4) is 17.2 Å². The Balaban J connectivity index is 1.71. The molecule has 1 aromatic heterocycles. The van der Waals surface area contributed by atoms with Gasteiger partial charge in [0.05, 0.1) is 24.5 Å². The lowest BCUT2D eigenvalue weighted by molar-refractivity contribution is -0.132. The van der Waals surface area contributed by atoms with Crippen molar-refractivity contribution in [3.63, 3.8) is 0 Å². The first-order valence-electron chi connectivity index (χ1n) is 9.57. The molecule has 1 atom stereocenters. The number of hydrogen-bond acceptors (Lipinski definition) is 7. The van der Waals surface area contributed by atoms with Gasteiger partial charge in [-0.3, -0.25) is 14.5 Å². The van der Waals surface area contributed by atoms with E-state index in [-0.39, 0.29) is 29.4 Å². The molecule has 162 valence electrons. The maximum absolute atomic E-state index is 13.9. The van der Waals surface area contributed by atoms with Crippen molar-refractivity contribution in [2.24, 2.45) is 0 Å². The van der Waals surface area contributed by atoms with E-state index in [2.05, 4.69) is 0 Å². The highest BCUT2D eigenvalue weighted by molar-refractivity contribution is 6.51. The van der Waals surface area contributed by atoms with Crippen LogP contribution in [0.3, 0.4) is 0 Å². The second-order valence-electron chi connectivity index (χ2n) is 7.07. The Morgan fingerprint density at radius 1 is 1.12 bits per heavy atom. The number of ketones is 1.